The second-order valence-corrected chi connectivity index (χ2v) is 5.78. The zero-order valence-electron chi connectivity index (χ0n) is 10.6. The molecule has 5 heteroatoms. The lowest BCUT2D eigenvalue weighted by atomic mass is 10.3. The predicted octanol–water partition coefficient (Wildman–Crippen LogP) is 4.60. The molecule has 2 nitrogen and oxygen atoms in total. The molecule has 0 aliphatic carbocycles. The Kier molecular flexibility index (Phi) is 3.83. The summed E-state index contributed by atoms with van der Waals surface area (Å²) in [4.78, 5) is 4.22. The van der Waals surface area contributed by atoms with Crippen molar-refractivity contribution in [2.24, 2.45) is 0 Å². The first-order chi connectivity index (χ1) is 9.65. The smallest absolute Gasteiger partial charge is 0.180 e. The predicted molar refractivity (Wildman–Crippen MR) is 90.2 cm³/mol. The molecule has 20 heavy (non-hydrogen) atoms. The average molecular weight is 323 g/mol. The van der Waals surface area contributed by atoms with Crippen LogP contribution in [0.1, 0.15) is 0 Å². The highest BCUT2D eigenvalue weighted by molar-refractivity contribution is 7.80. The Labute approximate surface area is 133 Å². The molecule has 1 aliphatic rings. The Hall–Kier alpha value is -1.29. The van der Waals surface area contributed by atoms with E-state index in [2.05, 4.69) is 9.80 Å². The molecule has 2 aromatic carbocycles. The molecule has 1 heterocycles. The van der Waals surface area contributed by atoms with Crippen molar-refractivity contribution in [1.29, 1.82) is 0 Å². The minimum Gasteiger partial charge on any atom is -0.317 e. The summed E-state index contributed by atoms with van der Waals surface area (Å²) in [6.07, 6.45) is 0. The van der Waals surface area contributed by atoms with Gasteiger partial charge in [0.05, 0.1) is 0 Å². The van der Waals surface area contributed by atoms with Gasteiger partial charge in [-0.25, -0.2) is 0 Å². The summed E-state index contributed by atoms with van der Waals surface area (Å²) in [6, 6.07) is 15.5. The lowest BCUT2D eigenvalue weighted by molar-refractivity contribution is 1.02. The van der Waals surface area contributed by atoms with Crippen LogP contribution in [0.4, 0.5) is 11.4 Å². The molecule has 2 aromatic rings. The van der Waals surface area contributed by atoms with Crippen LogP contribution in [0.15, 0.2) is 48.5 Å². The molecule has 3 rings (SSSR count). The maximum absolute atomic E-state index is 5.92. The minimum atomic E-state index is 0.730. The van der Waals surface area contributed by atoms with Crippen LogP contribution < -0.4 is 9.80 Å². The minimum absolute atomic E-state index is 0.730. The van der Waals surface area contributed by atoms with Gasteiger partial charge in [0, 0.05) is 34.5 Å². The van der Waals surface area contributed by atoms with Crippen LogP contribution in [0.25, 0.3) is 0 Å². The van der Waals surface area contributed by atoms with Gasteiger partial charge in [0.15, 0.2) is 5.11 Å². The SMILES string of the molecule is S=C1N(c2ccc(Cl)cc2)CCN1c1ccc(Cl)cc1. The van der Waals surface area contributed by atoms with Gasteiger partial charge in [-0.3, -0.25) is 0 Å². The van der Waals surface area contributed by atoms with E-state index in [1.54, 1.807) is 0 Å². The largest absolute Gasteiger partial charge is 0.317 e. The molecule has 0 amide bonds. The molecule has 1 fully saturated rings. The van der Waals surface area contributed by atoms with Gasteiger partial charge in [0.2, 0.25) is 0 Å². The second-order valence-electron chi connectivity index (χ2n) is 4.54. The maximum Gasteiger partial charge on any atom is 0.180 e. The molecule has 1 aliphatic heterocycles. The zero-order valence-corrected chi connectivity index (χ0v) is 12.9. The van der Waals surface area contributed by atoms with Crippen molar-refractivity contribution in [2.75, 3.05) is 22.9 Å². The Morgan fingerprint density at radius 1 is 0.700 bits per heavy atom. The topological polar surface area (TPSA) is 6.48 Å². The van der Waals surface area contributed by atoms with Crippen molar-refractivity contribution in [1.82, 2.24) is 0 Å². The van der Waals surface area contributed by atoms with Crippen molar-refractivity contribution in [3.05, 3.63) is 58.6 Å². The van der Waals surface area contributed by atoms with E-state index in [9.17, 15) is 0 Å². The third-order valence-electron chi connectivity index (χ3n) is 3.29. The molecule has 0 bridgehead atoms. The van der Waals surface area contributed by atoms with Crippen LogP contribution in [-0.2, 0) is 0 Å². The van der Waals surface area contributed by atoms with Gasteiger partial charge in [-0.15, -0.1) is 0 Å². The fourth-order valence-corrected chi connectivity index (χ4v) is 2.90. The third-order valence-corrected chi connectivity index (χ3v) is 4.23. The first-order valence-electron chi connectivity index (χ1n) is 6.25. The van der Waals surface area contributed by atoms with Gasteiger partial charge in [-0.1, -0.05) is 23.2 Å². The van der Waals surface area contributed by atoms with E-state index in [1.807, 2.05) is 48.5 Å². The first-order valence-corrected chi connectivity index (χ1v) is 7.42. The van der Waals surface area contributed by atoms with Crippen LogP contribution in [-0.4, -0.2) is 18.2 Å². The molecule has 0 spiro atoms. The normalized spacial score (nSPS) is 15.0. The molecule has 0 aromatic heterocycles. The van der Waals surface area contributed by atoms with E-state index in [0.717, 1.165) is 39.6 Å². The third kappa shape index (κ3) is 2.62. The number of anilines is 2. The van der Waals surface area contributed by atoms with Gasteiger partial charge in [-0.05, 0) is 60.7 Å². The molecular formula is C15H12Cl2N2S. The number of nitrogens with zero attached hydrogens (tertiary/aromatic N) is 2. The fourth-order valence-electron chi connectivity index (χ4n) is 2.26. The highest BCUT2D eigenvalue weighted by atomic mass is 35.5. The summed E-state index contributed by atoms with van der Waals surface area (Å²) in [5, 5.41) is 2.26. The highest BCUT2D eigenvalue weighted by Gasteiger charge is 2.26. The van der Waals surface area contributed by atoms with E-state index in [1.165, 1.54) is 0 Å². The molecule has 0 atom stereocenters. The standard InChI is InChI=1S/C15H12Cl2N2S/c16-11-1-5-13(6-2-11)18-9-10-19(15(18)20)14-7-3-12(17)4-8-14/h1-8H,9-10H2. The van der Waals surface area contributed by atoms with Crippen LogP contribution >= 0.6 is 35.4 Å². The van der Waals surface area contributed by atoms with Crippen LogP contribution in [0.5, 0.6) is 0 Å². The van der Waals surface area contributed by atoms with Crippen LogP contribution in [0.3, 0.4) is 0 Å². The van der Waals surface area contributed by atoms with Gasteiger partial charge in [0.25, 0.3) is 0 Å². The monoisotopic (exact) mass is 322 g/mol. The summed E-state index contributed by atoms with van der Waals surface area (Å²) in [6.45, 7) is 1.73. The van der Waals surface area contributed by atoms with Crippen molar-refractivity contribution in [2.45, 2.75) is 0 Å². The number of hydrogen-bond acceptors (Lipinski definition) is 1. The Balaban J connectivity index is 1.83. The Morgan fingerprint density at radius 2 is 1.05 bits per heavy atom. The van der Waals surface area contributed by atoms with Crippen molar-refractivity contribution < 1.29 is 0 Å². The molecule has 0 radical (unpaired) electrons. The average Bonchev–Trinajstić information content (AvgIpc) is 2.83. The van der Waals surface area contributed by atoms with Crippen LogP contribution in [0.2, 0.25) is 10.0 Å². The van der Waals surface area contributed by atoms with Gasteiger partial charge in [-0.2, -0.15) is 0 Å². The van der Waals surface area contributed by atoms with E-state index < -0.39 is 0 Å². The molecule has 102 valence electrons. The lowest BCUT2D eigenvalue weighted by Gasteiger charge is -2.22. The lowest BCUT2D eigenvalue weighted by Crippen LogP contribution is -2.31. The fraction of sp³-hybridized carbons (Fsp3) is 0.133. The van der Waals surface area contributed by atoms with Crippen molar-refractivity contribution in [3.63, 3.8) is 0 Å². The van der Waals surface area contributed by atoms with Crippen LogP contribution in [0, 0.1) is 0 Å². The summed E-state index contributed by atoms with van der Waals surface area (Å²) >= 11 is 17.4. The number of rotatable bonds is 2. The zero-order chi connectivity index (χ0) is 14.1. The van der Waals surface area contributed by atoms with Gasteiger partial charge >= 0.3 is 0 Å². The van der Waals surface area contributed by atoms with Crippen molar-refractivity contribution in [3.8, 4) is 0 Å². The second kappa shape index (κ2) is 5.60. The Bertz CT molecular complexity index is 570. The molecule has 0 N–H and O–H groups in total. The van der Waals surface area contributed by atoms with E-state index in [0.29, 0.717) is 0 Å². The van der Waals surface area contributed by atoms with Gasteiger partial charge in [0.1, 0.15) is 0 Å². The molecular weight excluding hydrogens is 311 g/mol. The number of hydrogen-bond donors (Lipinski definition) is 0. The molecule has 0 unspecified atom stereocenters. The number of thiocarbonyl (C=S) groups is 1. The van der Waals surface area contributed by atoms with E-state index in [-0.39, 0.29) is 0 Å². The number of benzene rings is 2. The quantitative estimate of drug-likeness (QED) is 0.746. The van der Waals surface area contributed by atoms with E-state index >= 15 is 0 Å². The maximum atomic E-state index is 5.92. The highest BCUT2D eigenvalue weighted by Crippen LogP contribution is 2.27. The van der Waals surface area contributed by atoms with E-state index in [4.69, 9.17) is 35.4 Å². The summed E-state index contributed by atoms with van der Waals surface area (Å²) < 4.78 is 0. The summed E-state index contributed by atoms with van der Waals surface area (Å²) in [5.41, 5.74) is 2.13. The first kappa shape index (κ1) is 13.7. The summed E-state index contributed by atoms with van der Waals surface area (Å²) in [7, 11) is 0. The summed E-state index contributed by atoms with van der Waals surface area (Å²) in [5.74, 6) is 0. The Morgan fingerprint density at radius 3 is 1.40 bits per heavy atom. The van der Waals surface area contributed by atoms with Gasteiger partial charge < -0.3 is 9.80 Å². The number of halogens is 2. The molecule has 1 saturated heterocycles. The van der Waals surface area contributed by atoms with Crippen molar-refractivity contribution >= 4 is 51.9 Å². The molecule has 0 saturated carbocycles.